The molecule has 1 aromatic heterocycles. The molecule has 0 radical (unpaired) electrons. The first-order valence-electron chi connectivity index (χ1n) is 7.37. The number of hydrogen-bond donors (Lipinski definition) is 2. The van der Waals surface area contributed by atoms with Gasteiger partial charge < -0.3 is 20.1 Å². The molecule has 5 heteroatoms. The lowest BCUT2D eigenvalue weighted by atomic mass is 10.1. The third-order valence-corrected chi connectivity index (χ3v) is 3.30. The predicted molar refractivity (Wildman–Crippen MR) is 86.9 cm³/mol. The lowest BCUT2D eigenvalue weighted by Crippen LogP contribution is -2.27. The Morgan fingerprint density at radius 1 is 1.27 bits per heavy atom. The summed E-state index contributed by atoms with van der Waals surface area (Å²) in [5.41, 5.74) is 7.57. The van der Waals surface area contributed by atoms with Gasteiger partial charge in [0.15, 0.2) is 0 Å². The fraction of sp³-hybridized carbons (Fsp3) is 0.353. The van der Waals surface area contributed by atoms with Crippen LogP contribution in [0.5, 0.6) is 5.75 Å². The summed E-state index contributed by atoms with van der Waals surface area (Å²) >= 11 is 0. The molecule has 0 aliphatic rings. The first-order valence-corrected chi connectivity index (χ1v) is 7.37. The Balaban J connectivity index is 2.52. The van der Waals surface area contributed by atoms with Crippen LogP contribution in [0.25, 0.3) is 11.3 Å². The zero-order valence-corrected chi connectivity index (χ0v) is 13.0. The second-order valence-corrected chi connectivity index (χ2v) is 5.32. The largest absolute Gasteiger partial charge is 0.491 e. The maximum Gasteiger partial charge on any atom is 0.255 e. The maximum atomic E-state index is 12.4. The summed E-state index contributed by atoms with van der Waals surface area (Å²) in [6.07, 6.45) is 0.0782. The fourth-order valence-corrected chi connectivity index (χ4v) is 2.35. The quantitative estimate of drug-likeness (QED) is 0.852. The SMILES string of the molecule is CC(C)Oc1cccc(-c2ccc(CN)c(=O)n2CCO)c1. The van der Waals surface area contributed by atoms with E-state index in [1.54, 1.807) is 10.6 Å². The van der Waals surface area contributed by atoms with Crippen LogP contribution in [0.1, 0.15) is 19.4 Å². The molecule has 0 bridgehead atoms. The number of aromatic nitrogens is 1. The molecular formula is C17H22N2O3. The van der Waals surface area contributed by atoms with Crippen molar-refractivity contribution < 1.29 is 9.84 Å². The zero-order chi connectivity index (χ0) is 16.1. The van der Waals surface area contributed by atoms with Crippen molar-refractivity contribution in [2.24, 2.45) is 5.73 Å². The summed E-state index contributed by atoms with van der Waals surface area (Å²) in [4.78, 5) is 12.4. The normalized spacial score (nSPS) is 11.0. The van der Waals surface area contributed by atoms with E-state index in [1.807, 2.05) is 44.2 Å². The third-order valence-electron chi connectivity index (χ3n) is 3.30. The molecule has 0 amide bonds. The molecule has 1 aromatic carbocycles. The Morgan fingerprint density at radius 2 is 2.05 bits per heavy atom. The molecule has 5 nitrogen and oxygen atoms in total. The smallest absolute Gasteiger partial charge is 0.255 e. The number of nitrogens with zero attached hydrogens (tertiary/aromatic N) is 1. The number of pyridine rings is 1. The van der Waals surface area contributed by atoms with Gasteiger partial charge >= 0.3 is 0 Å². The van der Waals surface area contributed by atoms with Gasteiger partial charge in [0.2, 0.25) is 0 Å². The van der Waals surface area contributed by atoms with Gasteiger partial charge in [-0.1, -0.05) is 18.2 Å². The molecule has 0 saturated heterocycles. The molecule has 0 unspecified atom stereocenters. The van der Waals surface area contributed by atoms with Crippen molar-refractivity contribution in [3.63, 3.8) is 0 Å². The highest BCUT2D eigenvalue weighted by Gasteiger charge is 2.10. The summed E-state index contributed by atoms with van der Waals surface area (Å²) < 4.78 is 7.25. The highest BCUT2D eigenvalue weighted by atomic mass is 16.5. The molecule has 2 aromatic rings. The number of rotatable bonds is 6. The van der Waals surface area contributed by atoms with Gasteiger partial charge in [-0.05, 0) is 32.0 Å². The predicted octanol–water partition coefficient (Wildman–Crippen LogP) is 1.75. The van der Waals surface area contributed by atoms with Gasteiger partial charge in [-0.3, -0.25) is 4.79 Å². The van der Waals surface area contributed by atoms with E-state index >= 15 is 0 Å². The summed E-state index contributed by atoms with van der Waals surface area (Å²) in [7, 11) is 0. The van der Waals surface area contributed by atoms with Crippen molar-refractivity contribution in [2.45, 2.75) is 33.0 Å². The molecule has 0 aliphatic carbocycles. The van der Waals surface area contributed by atoms with Crippen molar-refractivity contribution in [1.82, 2.24) is 4.57 Å². The van der Waals surface area contributed by atoms with Gasteiger partial charge in [0.05, 0.1) is 18.4 Å². The topological polar surface area (TPSA) is 77.5 Å². The molecule has 0 aliphatic heterocycles. The second-order valence-electron chi connectivity index (χ2n) is 5.32. The lowest BCUT2D eigenvalue weighted by molar-refractivity contribution is 0.242. The van der Waals surface area contributed by atoms with Crippen molar-refractivity contribution >= 4 is 0 Å². The van der Waals surface area contributed by atoms with Crippen LogP contribution in [0.2, 0.25) is 0 Å². The lowest BCUT2D eigenvalue weighted by Gasteiger charge is -2.15. The Kier molecular flexibility index (Phi) is 5.35. The number of aliphatic hydroxyl groups is 1. The van der Waals surface area contributed by atoms with E-state index in [1.165, 1.54) is 0 Å². The van der Waals surface area contributed by atoms with Gasteiger partial charge in [0, 0.05) is 24.2 Å². The maximum absolute atomic E-state index is 12.4. The molecule has 22 heavy (non-hydrogen) atoms. The van der Waals surface area contributed by atoms with Crippen LogP contribution in [0, 0.1) is 0 Å². The van der Waals surface area contributed by atoms with Gasteiger partial charge in [-0.15, -0.1) is 0 Å². The molecule has 0 spiro atoms. The number of benzene rings is 1. The van der Waals surface area contributed by atoms with Crippen LogP contribution in [-0.4, -0.2) is 22.4 Å². The fourth-order valence-electron chi connectivity index (χ4n) is 2.35. The first-order chi connectivity index (χ1) is 10.6. The zero-order valence-electron chi connectivity index (χ0n) is 13.0. The van der Waals surface area contributed by atoms with E-state index in [4.69, 9.17) is 10.5 Å². The van der Waals surface area contributed by atoms with E-state index in [9.17, 15) is 9.90 Å². The first kappa shape index (κ1) is 16.3. The van der Waals surface area contributed by atoms with E-state index in [2.05, 4.69) is 0 Å². The van der Waals surface area contributed by atoms with Crippen LogP contribution >= 0.6 is 0 Å². The Labute approximate surface area is 130 Å². The molecule has 0 atom stereocenters. The number of nitrogens with two attached hydrogens (primary N) is 1. The summed E-state index contributed by atoms with van der Waals surface area (Å²) in [5, 5.41) is 9.24. The Hall–Kier alpha value is -2.11. The summed E-state index contributed by atoms with van der Waals surface area (Å²) in [5.74, 6) is 0.749. The van der Waals surface area contributed by atoms with E-state index in [0.717, 1.165) is 17.0 Å². The van der Waals surface area contributed by atoms with Gasteiger partial charge in [0.1, 0.15) is 5.75 Å². The van der Waals surface area contributed by atoms with E-state index in [0.29, 0.717) is 5.56 Å². The Bertz CT molecular complexity index is 693. The van der Waals surface area contributed by atoms with Crippen molar-refractivity contribution in [2.75, 3.05) is 6.61 Å². The molecule has 0 saturated carbocycles. The van der Waals surface area contributed by atoms with Gasteiger partial charge in [-0.25, -0.2) is 0 Å². The number of aliphatic hydroxyl groups excluding tert-OH is 1. The molecule has 3 N–H and O–H groups in total. The van der Waals surface area contributed by atoms with Crippen molar-refractivity contribution in [1.29, 1.82) is 0 Å². The second kappa shape index (κ2) is 7.24. The van der Waals surface area contributed by atoms with E-state index < -0.39 is 0 Å². The highest BCUT2D eigenvalue weighted by Crippen LogP contribution is 2.24. The van der Waals surface area contributed by atoms with Crippen LogP contribution in [0.3, 0.4) is 0 Å². The average molecular weight is 302 g/mol. The van der Waals surface area contributed by atoms with Crippen LogP contribution in [-0.2, 0) is 13.1 Å². The van der Waals surface area contributed by atoms with Gasteiger partial charge in [-0.2, -0.15) is 0 Å². The average Bonchev–Trinajstić information content (AvgIpc) is 2.49. The molecular weight excluding hydrogens is 280 g/mol. The van der Waals surface area contributed by atoms with E-state index in [-0.39, 0.29) is 31.4 Å². The third kappa shape index (κ3) is 3.55. The van der Waals surface area contributed by atoms with Gasteiger partial charge in [0.25, 0.3) is 5.56 Å². The summed E-state index contributed by atoms with van der Waals surface area (Å²) in [6, 6.07) is 11.2. The van der Waals surface area contributed by atoms with Crippen LogP contribution in [0.15, 0.2) is 41.2 Å². The summed E-state index contributed by atoms with van der Waals surface area (Å²) in [6.45, 7) is 4.23. The van der Waals surface area contributed by atoms with Crippen molar-refractivity contribution in [3.8, 4) is 17.0 Å². The Morgan fingerprint density at radius 3 is 2.68 bits per heavy atom. The molecule has 0 fully saturated rings. The molecule has 2 rings (SSSR count). The van der Waals surface area contributed by atoms with Crippen LogP contribution < -0.4 is 16.0 Å². The number of hydrogen-bond acceptors (Lipinski definition) is 4. The monoisotopic (exact) mass is 302 g/mol. The highest BCUT2D eigenvalue weighted by molar-refractivity contribution is 5.62. The molecule has 1 heterocycles. The standard InChI is InChI=1S/C17H22N2O3/c1-12(2)22-15-5-3-4-13(10-15)16-7-6-14(11-18)17(21)19(16)8-9-20/h3-7,10,12,20H,8-9,11,18H2,1-2H3. The van der Waals surface area contributed by atoms with Crippen LogP contribution in [0.4, 0.5) is 0 Å². The minimum atomic E-state index is -0.163. The van der Waals surface area contributed by atoms with Crippen molar-refractivity contribution in [3.05, 3.63) is 52.3 Å². The minimum Gasteiger partial charge on any atom is -0.491 e. The number of ether oxygens (including phenoxy) is 1. The molecule has 118 valence electrons. The minimum absolute atomic E-state index is 0.0782.